The summed E-state index contributed by atoms with van der Waals surface area (Å²) in [5, 5.41) is 0. The number of nitrogens with zero attached hydrogens (tertiary/aromatic N) is 5. The molecule has 4 heterocycles. The second kappa shape index (κ2) is 10.6. The maximum absolute atomic E-state index is 13.5. The molecule has 0 radical (unpaired) electrons. The van der Waals surface area contributed by atoms with E-state index in [-0.39, 0.29) is 17.9 Å². The second-order valence-corrected chi connectivity index (χ2v) is 9.49. The largest absolute Gasteiger partial charge is 0.379 e. The van der Waals surface area contributed by atoms with Crippen LogP contribution in [0.4, 0.5) is 0 Å². The number of carbonyl (C=O) groups is 1. The lowest BCUT2D eigenvalue weighted by atomic mass is 9.88. The summed E-state index contributed by atoms with van der Waals surface area (Å²) in [6.07, 6.45) is 7.45. The van der Waals surface area contributed by atoms with Crippen LogP contribution in [0.2, 0.25) is 0 Å². The van der Waals surface area contributed by atoms with Crippen molar-refractivity contribution in [3.8, 4) is 22.5 Å². The van der Waals surface area contributed by atoms with E-state index in [0.717, 1.165) is 54.9 Å². The van der Waals surface area contributed by atoms with Gasteiger partial charge >= 0.3 is 0 Å². The first-order valence-corrected chi connectivity index (χ1v) is 12.6. The number of likely N-dealkylation sites (tertiary alicyclic amines) is 1. The van der Waals surface area contributed by atoms with Crippen LogP contribution < -0.4 is 0 Å². The van der Waals surface area contributed by atoms with E-state index in [1.807, 2.05) is 30.2 Å². The van der Waals surface area contributed by atoms with Crippen LogP contribution in [0.25, 0.3) is 22.5 Å². The Hall–Kier alpha value is -3.16. The smallest absolute Gasteiger partial charge is 0.239 e. The minimum Gasteiger partial charge on any atom is -0.379 e. The lowest BCUT2D eigenvalue weighted by Gasteiger charge is -2.38. The van der Waals surface area contributed by atoms with Crippen molar-refractivity contribution in [3.05, 3.63) is 66.2 Å². The van der Waals surface area contributed by atoms with E-state index < -0.39 is 0 Å². The summed E-state index contributed by atoms with van der Waals surface area (Å²) in [5.74, 6) is 1.06. The normalized spacial score (nSPS) is 19.9. The van der Waals surface area contributed by atoms with E-state index in [1.54, 1.807) is 12.4 Å². The van der Waals surface area contributed by atoms with E-state index in [1.165, 1.54) is 5.56 Å². The molecule has 0 spiro atoms. The molecule has 1 aromatic carbocycles. The number of rotatable bonds is 5. The standard InChI is InChI=1S/C28H33N5O2/c1-20-6-3-4-8-24(20)25-18-30-27(22-9-11-29-12-10-22)31-26(25)23-7-5-13-33(19-23)28(34)21(2)32-14-16-35-17-15-32/h3-4,6,8-12,18,21,23H,5,7,13-17,19H2,1-2H3/t21-,23+/m0/s1. The molecule has 0 aliphatic carbocycles. The fourth-order valence-corrected chi connectivity index (χ4v) is 5.21. The van der Waals surface area contributed by atoms with E-state index in [9.17, 15) is 4.79 Å². The predicted octanol–water partition coefficient (Wildman–Crippen LogP) is 3.94. The van der Waals surface area contributed by atoms with Crippen molar-refractivity contribution in [1.82, 2.24) is 24.8 Å². The Morgan fingerprint density at radius 1 is 1.06 bits per heavy atom. The van der Waals surface area contributed by atoms with E-state index in [2.05, 4.69) is 41.1 Å². The fraction of sp³-hybridized carbons (Fsp3) is 0.429. The van der Waals surface area contributed by atoms with Gasteiger partial charge in [-0.15, -0.1) is 0 Å². The number of ether oxygens (including phenoxy) is 1. The molecule has 3 aromatic rings. The Kier molecular flexibility index (Phi) is 7.16. The molecule has 35 heavy (non-hydrogen) atoms. The Labute approximate surface area is 207 Å². The second-order valence-electron chi connectivity index (χ2n) is 9.49. The number of hydrogen-bond donors (Lipinski definition) is 0. The molecular weight excluding hydrogens is 438 g/mol. The molecule has 2 aromatic heterocycles. The lowest BCUT2D eigenvalue weighted by Crippen LogP contribution is -2.52. The van der Waals surface area contributed by atoms with Crippen molar-refractivity contribution in [2.45, 2.75) is 38.6 Å². The first-order valence-electron chi connectivity index (χ1n) is 12.6. The molecule has 0 N–H and O–H groups in total. The molecule has 2 aliphatic heterocycles. The topological polar surface area (TPSA) is 71.5 Å². The van der Waals surface area contributed by atoms with Crippen LogP contribution in [0.1, 0.15) is 36.9 Å². The van der Waals surface area contributed by atoms with Gasteiger partial charge in [0.1, 0.15) is 0 Å². The van der Waals surface area contributed by atoms with Crippen molar-refractivity contribution in [2.24, 2.45) is 0 Å². The van der Waals surface area contributed by atoms with Gasteiger partial charge in [0.25, 0.3) is 0 Å². The van der Waals surface area contributed by atoms with Gasteiger partial charge in [0, 0.05) is 61.8 Å². The molecule has 0 bridgehead atoms. The van der Waals surface area contributed by atoms with Crippen LogP contribution >= 0.6 is 0 Å². The van der Waals surface area contributed by atoms with Gasteiger partial charge in [-0.05, 0) is 49.9 Å². The van der Waals surface area contributed by atoms with Gasteiger partial charge in [-0.3, -0.25) is 14.7 Å². The molecule has 7 nitrogen and oxygen atoms in total. The van der Waals surface area contributed by atoms with Gasteiger partial charge in [0.15, 0.2) is 5.82 Å². The third kappa shape index (κ3) is 5.11. The summed E-state index contributed by atoms with van der Waals surface area (Å²) in [4.78, 5) is 31.7. The maximum Gasteiger partial charge on any atom is 0.239 e. The monoisotopic (exact) mass is 471 g/mol. The Balaban J connectivity index is 1.47. The summed E-state index contributed by atoms with van der Waals surface area (Å²) in [5.41, 5.74) is 5.37. The first kappa shape index (κ1) is 23.6. The quantitative estimate of drug-likeness (QED) is 0.561. The highest BCUT2D eigenvalue weighted by molar-refractivity contribution is 5.82. The van der Waals surface area contributed by atoms with Crippen molar-refractivity contribution < 1.29 is 9.53 Å². The van der Waals surface area contributed by atoms with Crippen LogP contribution in [-0.4, -0.2) is 76.1 Å². The van der Waals surface area contributed by atoms with Gasteiger partial charge in [-0.2, -0.15) is 0 Å². The Morgan fingerprint density at radius 3 is 2.60 bits per heavy atom. The SMILES string of the molecule is Cc1ccccc1-c1cnc(-c2ccncc2)nc1[C@@H]1CCCN(C(=O)[C@H](C)N2CCOCC2)C1. The lowest BCUT2D eigenvalue weighted by molar-refractivity contribution is -0.139. The molecular formula is C28H33N5O2. The third-order valence-corrected chi connectivity index (χ3v) is 7.26. The summed E-state index contributed by atoms with van der Waals surface area (Å²) >= 11 is 0. The Bertz CT molecular complexity index is 1160. The summed E-state index contributed by atoms with van der Waals surface area (Å²) < 4.78 is 5.48. The molecule has 0 unspecified atom stereocenters. The molecule has 2 aliphatic rings. The number of aromatic nitrogens is 3. The fourth-order valence-electron chi connectivity index (χ4n) is 5.21. The number of pyridine rings is 1. The maximum atomic E-state index is 13.5. The number of piperidine rings is 1. The molecule has 2 atom stereocenters. The van der Waals surface area contributed by atoms with Gasteiger partial charge in [-0.1, -0.05) is 24.3 Å². The van der Waals surface area contributed by atoms with Gasteiger partial charge in [0.2, 0.25) is 5.91 Å². The number of morpholine rings is 1. The molecule has 182 valence electrons. The summed E-state index contributed by atoms with van der Waals surface area (Å²) in [6.45, 7) is 8.63. The average Bonchev–Trinajstić information content (AvgIpc) is 2.93. The third-order valence-electron chi connectivity index (χ3n) is 7.26. The van der Waals surface area contributed by atoms with Crippen LogP contribution in [0.3, 0.4) is 0 Å². The Morgan fingerprint density at radius 2 is 1.83 bits per heavy atom. The van der Waals surface area contributed by atoms with Crippen molar-refractivity contribution in [3.63, 3.8) is 0 Å². The highest BCUT2D eigenvalue weighted by atomic mass is 16.5. The van der Waals surface area contributed by atoms with Crippen molar-refractivity contribution >= 4 is 5.91 Å². The predicted molar refractivity (Wildman–Crippen MR) is 136 cm³/mol. The number of hydrogen-bond acceptors (Lipinski definition) is 6. The molecule has 7 heteroatoms. The molecule has 2 fully saturated rings. The first-order chi connectivity index (χ1) is 17.1. The van der Waals surface area contributed by atoms with Crippen LogP contribution in [0.5, 0.6) is 0 Å². The molecule has 1 amide bonds. The van der Waals surface area contributed by atoms with Crippen molar-refractivity contribution in [1.29, 1.82) is 0 Å². The highest BCUT2D eigenvalue weighted by Crippen LogP contribution is 2.35. The molecule has 5 rings (SSSR count). The van der Waals surface area contributed by atoms with Crippen LogP contribution in [0.15, 0.2) is 55.0 Å². The van der Waals surface area contributed by atoms with Crippen molar-refractivity contribution in [2.75, 3.05) is 39.4 Å². The van der Waals surface area contributed by atoms with E-state index in [4.69, 9.17) is 14.7 Å². The number of carbonyl (C=O) groups excluding carboxylic acids is 1. The minimum atomic E-state index is -0.133. The van der Waals surface area contributed by atoms with Gasteiger partial charge < -0.3 is 9.64 Å². The zero-order valence-corrected chi connectivity index (χ0v) is 20.6. The molecule has 2 saturated heterocycles. The average molecular weight is 472 g/mol. The van der Waals surface area contributed by atoms with E-state index in [0.29, 0.717) is 25.6 Å². The van der Waals surface area contributed by atoms with Gasteiger partial charge in [-0.25, -0.2) is 9.97 Å². The van der Waals surface area contributed by atoms with Gasteiger partial charge in [0.05, 0.1) is 24.9 Å². The zero-order chi connectivity index (χ0) is 24.2. The zero-order valence-electron chi connectivity index (χ0n) is 20.6. The van der Waals surface area contributed by atoms with Crippen LogP contribution in [0, 0.1) is 6.92 Å². The van der Waals surface area contributed by atoms with Crippen LogP contribution in [-0.2, 0) is 9.53 Å². The highest BCUT2D eigenvalue weighted by Gasteiger charge is 2.32. The number of aryl methyl sites for hydroxylation is 1. The molecule has 0 saturated carbocycles. The minimum absolute atomic E-state index is 0.133. The van der Waals surface area contributed by atoms with E-state index >= 15 is 0 Å². The summed E-state index contributed by atoms with van der Waals surface area (Å²) in [6, 6.07) is 12.1. The number of benzene rings is 1. The number of amides is 1. The summed E-state index contributed by atoms with van der Waals surface area (Å²) in [7, 11) is 0.